The zero-order chi connectivity index (χ0) is 14.6. The highest BCUT2D eigenvalue weighted by atomic mass is 35.5. The van der Waals surface area contributed by atoms with Gasteiger partial charge in [-0.3, -0.25) is 10.1 Å². The van der Waals surface area contributed by atoms with Gasteiger partial charge in [0, 0.05) is 30.3 Å². The van der Waals surface area contributed by atoms with Crippen molar-refractivity contribution in [2.45, 2.75) is 11.4 Å². The summed E-state index contributed by atoms with van der Waals surface area (Å²) in [5, 5.41) is 10.5. The van der Waals surface area contributed by atoms with Crippen LogP contribution < -0.4 is 22.1 Å². The molecule has 0 aliphatic rings. The molecule has 1 aromatic heterocycles. The minimum absolute atomic E-state index is 0. The molecule has 0 saturated carbocycles. The highest BCUT2D eigenvalue weighted by Gasteiger charge is 2.15. The van der Waals surface area contributed by atoms with Crippen LogP contribution in [-0.4, -0.2) is 13.3 Å². The molecular weight excluding hydrogens is 318 g/mol. The maximum absolute atomic E-state index is 12.0. The zero-order valence-electron chi connectivity index (χ0n) is 10.7. The van der Waals surface area contributed by atoms with Crippen LogP contribution in [0.4, 0.5) is 5.69 Å². The summed E-state index contributed by atoms with van der Waals surface area (Å²) in [7, 11) is -3.69. The average molecular weight is 330 g/mol. The molecule has 0 unspecified atom stereocenters. The number of sulfonamides is 1. The normalized spacial score (nSPS) is 10.7. The number of aromatic nitrogens is 1. The van der Waals surface area contributed by atoms with Gasteiger partial charge in [0.2, 0.25) is 10.0 Å². The molecule has 0 atom stereocenters. The topological polar surface area (TPSA) is 103 Å². The van der Waals surface area contributed by atoms with E-state index < -0.39 is 14.9 Å². The van der Waals surface area contributed by atoms with Gasteiger partial charge in [-0.15, -0.1) is 0 Å². The number of benzene rings is 1. The van der Waals surface area contributed by atoms with Crippen molar-refractivity contribution >= 4 is 15.7 Å². The van der Waals surface area contributed by atoms with Crippen molar-refractivity contribution in [3.8, 4) is 0 Å². The first-order valence-corrected chi connectivity index (χ1v) is 7.16. The molecule has 0 aliphatic carbocycles. The molecular formula is C12H12ClN3O4S. The van der Waals surface area contributed by atoms with E-state index >= 15 is 0 Å². The molecule has 9 heteroatoms. The predicted molar refractivity (Wildman–Crippen MR) is 70.1 cm³/mol. The van der Waals surface area contributed by atoms with E-state index in [-0.39, 0.29) is 29.5 Å². The Morgan fingerprint density at radius 3 is 2.38 bits per heavy atom. The molecule has 0 bridgehead atoms. The van der Waals surface area contributed by atoms with Crippen LogP contribution in [-0.2, 0) is 16.6 Å². The first kappa shape index (κ1) is 17.0. The van der Waals surface area contributed by atoms with Crippen LogP contribution in [0.25, 0.3) is 0 Å². The second kappa shape index (κ2) is 7.11. The van der Waals surface area contributed by atoms with Gasteiger partial charge in [0.05, 0.1) is 9.82 Å². The lowest BCUT2D eigenvalue weighted by Gasteiger charge is -2.05. The minimum atomic E-state index is -3.69. The molecule has 7 nitrogen and oxygen atoms in total. The molecule has 1 aromatic carbocycles. The van der Waals surface area contributed by atoms with Gasteiger partial charge in [0.15, 0.2) is 12.4 Å². The first-order chi connectivity index (χ1) is 9.49. The van der Waals surface area contributed by atoms with Gasteiger partial charge in [-0.1, -0.05) is 0 Å². The van der Waals surface area contributed by atoms with Crippen LogP contribution >= 0.6 is 0 Å². The number of halogens is 1. The molecule has 0 amide bonds. The average Bonchev–Trinajstić information content (AvgIpc) is 2.46. The van der Waals surface area contributed by atoms with Gasteiger partial charge in [-0.05, 0) is 18.2 Å². The summed E-state index contributed by atoms with van der Waals surface area (Å²) in [6, 6.07) is 8.26. The van der Waals surface area contributed by atoms with E-state index in [1.807, 2.05) is 0 Å². The fraction of sp³-hybridized carbons (Fsp3) is 0.0833. The SMILES string of the molecule is O=[N+]([O-])c1ccc(S(=O)(=O)NCc2ccc[nH+]c2)cc1.[Cl-]. The molecule has 21 heavy (non-hydrogen) atoms. The van der Waals surface area contributed by atoms with Crippen molar-refractivity contribution in [1.82, 2.24) is 4.72 Å². The van der Waals surface area contributed by atoms with E-state index in [2.05, 4.69) is 9.71 Å². The molecule has 0 saturated heterocycles. The van der Waals surface area contributed by atoms with E-state index in [1.165, 1.54) is 12.1 Å². The Bertz CT molecular complexity index is 705. The number of nitro groups is 1. The summed E-state index contributed by atoms with van der Waals surface area (Å²) in [5.74, 6) is 0. The van der Waals surface area contributed by atoms with Crippen LogP contribution in [0, 0.1) is 10.1 Å². The van der Waals surface area contributed by atoms with Gasteiger partial charge in [0.1, 0.15) is 0 Å². The summed E-state index contributed by atoms with van der Waals surface area (Å²) in [6.45, 7) is 0.136. The maximum atomic E-state index is 12.0. The van der Waals surface area contributed by atoms with Gasteiger partial charge >= 0.3 is 0 Å². The number of hydrogen-bond donors (Lipinski definition) is 1. The van der Waals surface area contributed by atoms with Crippen LogP contribution in [0.15, 0.2) is 53.7 Å². The molecule has 0 aliphatic heterocycles. The molecule has 0 radical (unpaired) electrons. The van der Waals surface area contributed by atoms with Crippen molar-refractivity contribution in [3.63, 3.8) is 0 Å². The Morgan fingerprint density at radius 2 is 1.86 bits per heavy atom. The Balaban J connectivity index is 0.00000220. The number of hydrogen-bond acceptors (Lipinski definition) is 4. The summed E-state index contributed by atoms with van der Waals surface area (Å²) in [5.41, 5.74) is 0.625. The number of H-pyrrole nitrogens is 1. The van der Waals surface area contributed by atoms with E-state index in [4.69, 9.17) is 0 Å². The fourth-order valence-corrected chi connectivity index (χ4v) is 2.57. The highest BCUT2D eigenvalue weighted by molar-refractivity contribution is 7.89. The van der Waals surface area contributed by atoms with Crippen LogP contribution in [0.2, 0.25) is 0 Å². The smallest absolute Gasteiger partial charge is 0.269 e. The van der Waals surface area contributed by atoms with Crippen molar-refractivity contribution < 1.29 is 30.7 Å². The van der Waals surface area contributed by atoms with Crippen LogP contribution in [0.1, 0.15) is 5.56 Å². The lowest BCUT2D eigenvalue weighted by atomic mass is 10.3. The number of nitrogens with zero attached hydrogens (tertiary/aromatic N) is 1. The third-order valence-corrected chi connectivity index (χ3v) is 4.01. The van der Waals surface area contributed by atoms with Crippen molar-refractivity contribution in [2.24, 2.45) is 0 Å². The van der Waals surface area contributed by atoms with E-state index in [9.17, 15) is 18.5 Å². The van der Waals surface area contributed by atoms with Gasteiger partial charge in [0.25, 0.3) is 5.69 Å². The lowest BCUT2D eigenvalue weighted by Crippen LogP contribution is -3.00. The van der Waals surface area contributed by atoms with Crippen LogP contribution in [0.3, 0.4) is 0 Å². The Morgan fingerprint density at radius 1 is 1.19 bits per heavy atom. The molecule has 0 spiro atoms. The summed E-state index contributed by atoms with van der Waals surface area (Å²) in [6.07, 6.45) is 3.40. The quantitative estimate of drug-likeness (QED) is 0.501. The molecule has 112 valence electrons. The Labute approximate surface area is 127 Å². The monoisotopic (exact) mass is 329 g/mol. The van der Waals surface area contributed by atoms with Crippen molar-refractivity contribution in [1.29, 1.82) is 0 Å². The second-order valence-corrected chi connectivity index (χ2v) is 5.75. The largest absolute Gasteiger partial charge is 1.00 e. The zero-order valence-corrected chi connectivity index (χ0v) is 12.3. The number of nitrogens with one attached hydrogen (secondary N) is 2. The number of nitro benzene ring substituents is 1. The molecule has 2 N–H and O–H groups in total. The first-order valence-electron chi connectivity index (χ1n) is 5.68. The predicted octanol–water partition coefficient (Wildman–Crippen LogP) is -2.11. The number of non-ortho nitro benzene ring substituents is 1. The third-order valence-electron chi connectivity index (χ3n) is 2.60. The second-order valence-electron chi connectivity index (χ2n) is 3.99. The van der Waals surface area contributed by atoms with Gasteiger partial charge in [-0.25, -0.2) is 18.1 Å². The number of rotatable bonds is 5. The van der Waals surface area contributed by atoms with Crippen molar-refractivity contribution in [2.75, 3.05) is 0 Å². The molecule has 1 heterocycles. The van der Waals surface area contributed by atoms with Gasteiger partial charge < -0.3 is 12.4 Å². The molecule has 2 rings (SSSR count). The minimum Gasteiger partial charge on any atom is -1.00 e. The summed E-state index contributed by atoms with van der Waals surface area (Å²) < 4.78 is 26.4. The Hall–Kier alpha value is -2.03. The lowest BCUT2D eigenvalue weighted by molar-refractivity contribution is -0.384. The van der Waals surface area contributed by atoms with Crippen molar-refractivity contribution in [3.05, 3.63) is 64.5 Å². The summed E-state index contributed by atoms with van der Waals surface area (Å²) >= 11 is 0. The van der Waals surface area contributed by atoms with E-state index in [0.29, 0.717) is 0 Å². The third kappa shape index (κ3) is 4.48. The highest BCUT2D eigenvalue weighted by Crippen LogP contribution is 2.15. The standard InChI is InChI=1S/C12H11N3O4S.ClH/c16-15(17)11-3-5-12(6-4-11)20(18,19)14-9-10-2-1-7-13-8-10;/h1-8,14H,9H2;1H. The Kier molecular flexibility index (Phi) is 5.77. The summed E-state index contributed by atoms with van der Waals surface area (Å²) in [4.78, 5) is 12.8. The number of aromatic amines is 1. The van der Waals surface area contributed by atoms with E-state index in [0.717, 1.165) is 17.7 Å². The number of pyridine rings is 1. The van der Waals surface area contributed by atoms with Crippen LogP contribution in [0.5, 0.6) is 0 Å². The van der Waals surface area contributed by atoms with E-state index in [1.54, 1.807) is 24.5 Å². The fourth-order valence-electron chi connectivity index (χ4n) is 1.55. The maximum Gasteiger partial charge on any atom is 0.269 e. The molecule has 2 aromatic rings. The van der Waals surface area contributed by atoms with Gasteiger partial charge in [-0.2, -0.15) is 0 Å². The molecule has 0 fully saturated rings.